The Bertz CT molecular complexity index is 1790. The summed E-state index contributed by atoms with van der Waals surface area (Å²) < 4.78 is 19.3. The van der Waals surface area contributed by atoms with E-state index in [4.69, 9.17) is 4.74 Å². The minimum Gasteiger partial charge on any atom is -0.427 e. The molecule has 0 radical (unpaired) electrons. The van der Waals surface area contributed by atoms with Crippen molar-refractivity contribution in [2.45, 2.75) is 24.9 Å². The Kier molecular flexibility index (Phi) is 5.80. The molecule has 1 unspecified atom stereocenters. The number of halogens is 1. The summed E-state index contributed by atoms with van der Waals surface area (Å²) in [6, 6.07) is 24.4. The zero-order chi connectivity index (χ0) is 29.2. The van der Waals surface area contributed by atoms with E-state index in [1.807, 2.05) is 41.3 Å². The second-order valence-electron chi connectivity index (χ2n) is 10.8. The molecule has 7 heteroatoms. The van der Waals surface area contributed by atoms with E-state index >= 15 is 0 Å². The lowest BCUT2D eigenvalue weighted by Crippen LogP contribution is -2.48. The standard InChI is InChI=1S/C35H24FNO5/c1-20(38)42-25-17-12-23(13-18-25)32(39)31-30(22-10-15-24(36)16-11-22)35(33(40)26-7-3-4-8-27(26)34(35)41)29-19-14-21-6-2-5-9-28(21)37(29)31/h2-19,29-31H,1H3/t29?,30-,31+/m0/s1. The summed E-state index contributed by atoms with van der Waals surface area (Å²) in [6.07, 6.45) is 3.74. The Balaban J connectivity index is 1.48. The van der Waals surface area contributed by atoms with Gasteiger partial charge in [-0.25, -0.2) is 4.39 Å². The molecule has 4 aromatic rings. The number of esters is 1. The second-order valence-corrected chi connectivity index (χ2v) is 10.8. The van der Waals surface area contributed by atoms with Gasteiger partial charge in [0.15, 0.2) is 17.3 Å². The topological polar surface area (TPSA) is 80.8 Å². The minimum absolute atomic E-state index is 0.290. The number of hydrogen-bond acceptors (Lipinski definition) is 6. The van der Waals surface area contributed by atoms with Gasteiger partial charge >= 0.3 is 5.97 Å². The molecule has 3 atom stereocenters. The fourth-order valence-corrected chi connectivity index (χ4v) is 6.98. The van der Waals surface area contributed by atoms with Crippen molar-refractivity contribution >= 4 is 35.1 Å². The van der Waals surface area contributed by atoms with Crippen molar-refractivity contribution in [2.24, 2.45) is 5.41 Å². The summed E-state index contributed by atoms with van der Waals surface area (Å²) in [4.78, 5) is 57.2. The fourth-order valence-electron chi connectivity index (χ4n) is 6.98. The van der Waals surface area contributed by atoms with Gasteiger partial charge in [-0.15, -0.1) is 0 Å². The van der Waals surface area contributed by atoms with Gasteiger partial charge in [0.2, 0.25) is 0 Å². The summed E-state index contributed by atoms with van der Waals surface area (Å²) in [5.74, 6) is -2.62. The van der Waals surface area contributed by atoms with Crippen LogP contribution in [-0.2, 0) is 4.79 Å². The maximum absolute atomic E-state index is 14.7. The van der Waals surface area contributed by atoms with E-state index < -0.39 is 35.2 Å². The average molecular weight is 558 g/mol. The molecule has 6 nitrogen and oxygen atoms in total. The van der Waals surface area contributed by atoms with Crippen LogP contribution in [0.5, 0.6) is 5.75 Å². The largest absolute Gasteiger partial charge is 0.427 e. The number of benzene rings is 4. The predicted octanol–water partition coefficient (Wildman–Crippen LogP) is 6.07. The van der Waals surface area contributed by atoms with Crippen LogP contribution < -0.4 is 9.64 Å². The number of Topliss-reactive ketones (excluding diaryl/α,β-unsaturated/α-hetero) is 3. The van der Waals surface area contributed by atoms with Crippen molar-refractivity contribution in [2.75, 3.05) is 4.90 Å². The molecule has 0 N–H and O–H groups in total. The molecule has 2 aliphatic heterocycles. The van der Waals surface area contributed by atoms with E-state index in [0.29, 0.717) is 22.3 Å². The van der Waals surface area contributed by atoms with E-state index in [1.54, 1.807) is 48.5 Å². The highest BCUT2D eigenvalue weighted by molar-refractivity contribution is 6.32. The first-order valence-corrected chi connectivity index (χ1v) is 13.6. The van der Waals surface area contributed by atoms with Gasteiger partial charge in [-0.3, -0.25) is 19.2 Å². The first-order chi connectivity index (χ1) is 20.3. The third kappa shape index (κ3) is 3.56. The number of carbonyl (C=O) groups is 4. The number of ketones is 3. The summed E-state index contributed by atoms with van der Waals surface area (Å²) in [5.41, 5.74) is 1.38. The van der Waals surface area contributed by atoms with Gasteiger partial charge in [0.05, 0.1) is 6.04 Å². The lowest BCUT2D eigenvalue weighted by molar-refractivity contribution is -0.131. The molecule has 1 spiro atoms. The lowest BCUT2D eigenvalue weighted by atomic mass is 9.64. The van der Waals surface area contributed by atoms with Gasteiger partial charge in [-0.1, -0.05) is 66.7 Å². The highest BCUT2D eigenvalue weighted by atomic mass is 19.1. The monoisotopic (exact) mass is 557 g/mol. The smallest absolute Gasteiger partial charge is 0.308 e. The quantitative estimate of drug-likeness (QED) is 0.131. The molecule has 1 aliphatic carbocycles. The summed E-state index contributed by atoms with van der Waals surface area (Å²) >= 11 is 0. The average Bonchev–Trinajstić information content (AvgIpc) is 3.43. The van der Waals surface area contributed by atoms with Crippen molar-refractivity contribution in [1.29, 1.82) is 0 Å². The van der Waals surface area contributed by atoms with Gasteiger partial charge in [-0.05, 0) is 53.6 Å². The van der Waals surface area contributed by atoms with Gasteiger partial charge in [0.1, 0.15) is 23.0 Å². The molecule has 0 bridgehead atoms. The van der Waals surface area contributed by atoms with E-state index in [9.17, 15) is 23.6 Å². The number of carbonyl (C=O) groups excluding carboxylic acids is 4. The van der Waals surface area contributed by atoms with Gasteiger partial charge in [0.25, 0.3) is 0 Å². The molecule has 4 aromatic carbocycles. The Labute approximate surface area is 241 Å². The lowest BCUT2D eigenvalue weighted by Gasteiger charge is -2.37. The van der Waals surface area contributed by atoms with Crippen LogP contribution >= 0.6 is 0 Å². The van der Waals surface area contributed by atoms with E-state index in [1.165, 1.54) is 31.2 Å². The number of anilines is 1. The first-order valence-electron chi connectivity index (χ1n) is 13.6. The van der Waals surface area contributed by atoms with Crippen LogP contribution in [0.15, 0.2) is 103 Å². The van der Waals surface area contributed by atoms with E-state index in [0.717, 1.165) is 11.3 Å². The van der Waals surface area contributed by atoms with Crippen LogP contribution in [0.25, 0.3) is 6.08 Å². The molecule has 1 fully saturated rings. The Morgan fingerprint density at radius 1 is 0.810 bits per heavy atom. The molecular formula is C35H24FNO5. The molecule has 2 heterocycles. The third-order valence-corrected chi connectivity index (χ3v) is 8.61. The van der Waals surface area contributed by atoms with Gasteiger partial charge < -0.3 is 9.64 Å². The molecule has 42 heavy (non-hydrogen) atoms. The number of ether oxygens (including phenoxy) is 1. The van der Waals surface area contributed by atoms with Crippen molar-refractivity contribution in [3.05, 3.63) is 137 Å². The normalized spacial score (nSPS) is 21.2. The molecular weight excluding hydrogens is 533 g/mol. The van der Waals surface area contributed by atoms with Gasteiger partial charge in [-0.2, -0.15) is 0 Å². The van der Waals surface area contributed by atoms with Crippen LogP contribution in [0.4, 0.5) is 10.1 Å². The summed E-state index contributed by atoms with van der Waals surface area (Å²) in [5, 5.41) is 0. The van der Waals surface area contributed by atoms with Crippen molar-refractivity contribution < 1.29 is 28.3 Å². The SMILES string of the molecule is CC(=O)Oc1ccc(C(=O)[C@H]2[C@H](c3ccc(F)cc3)C3(C(=O)c4ccccc4C3=O)C3C=Cc4ccccc4N32)cc1. The van der Waals surface area contributed by atoms with E-state index in [2.05, 4.69) is 0 Å². The zero-order valence-electron chi connectivity index (χ0n) is 22.5. The fraction of sp³-hybridized carbons (Fsp3) is 0.143. The molecule has 0 amide bonds. The molecule has 0 saturated carbocycles. The zero-order valence-corrected chi connectivity index (χ0v) is 22.5. The number of rotatable bonds is 4. The second kappa shape index (κ2) is 9.45. The van der Waals surface area contributed by atoms with Crippen LogP contribution in [0, 0.1) is 11.2 Å². The van der Waals surface area contributed by atoms with E-state index in [-0.39, 0.29) is 23.1 Å². The Morgan fingerprint density at radius 2 is 1.43 bits per heavy atom. The highest BCUT2D eigenvalue weighted by Crippen LogP contribution is 2.60. The molecule has 7 rings (SSSR count). The maximum atomic E-state index is 14.7. The minimum atomic E-state index is -1.66. The third-order valence-electron chi connectivity index (χ3n) is 8.61. The van der Waals surface area contributed by atoms with Crippen molar-refractivity contribution in [3.63, 3.8) is 0 Å². The number of nitrogens with zero attached hydrogens (tertiary/aromatic N) is 1. The molecule has 1 saturated heterocycles. The predicted molar refractivity (Wildman–Crippen MR) is 154 cm³/mol. The summed E-state index contributed by atoms with van der Waals surface area (Å²) in [6.45, 7) is 1.29. The Morgan fingerprint density at radius 3 is 2.07 bits per heavy atom. The van der Waals surface area contributed by atoms with Crippen LogP contribution in [-0.4, -0.2) is 35.4 Å². The summed E-state index contributed by atoms with van der Waals surface area (Å²) in [7, 11) is 0. The molecule has 206 valence electrons. The number of fused-ring (bicyclic) bond motifs is 5. The molecule has 0 aromatic heterocycles. The first kappa shape index (κ1) is 25.8. The van der Waals surface area contributed by atoms with Crippen LogP contribution in [0.3, 0.4) is 0 Å². The van der Waals surface area contributed by atoms with Gasteiger partial charge in [0, 0.05) is 35.2 Å². The number of hydrogen-bond donors (Lipinski definition) is 0. The number of para-hydroxylation sites is 1. The van der Waals surface area contributed by atoms with Crippen molar-refractivity contribution in [1.82, 2.24) is 0 Å². The molecule has 3 aliphatic rings. The van der Waals surface area contributed by atoms with Crippen LogP contribution in [0.1, 0.15) is 55.0 Å². The highest BCUT2D eigenvalue weighted by Gasteiger charge is 2.71. The maximum Gasteiger partial charge on any atom is 0.308 e. The van der Waals surface area contributed by atoms with Crippen LogP contribution in [0.2, 0.25) is 0 Å². The van der Waals surface area contributed by atoms with Crippen molar-refractivity contribution in [3.8, 4) is 5.75 Å². The Hall–Kier alpha value is -5.17.